The molecular formula is C17H21N5O2. The van der Waals surface area contributed by atoms with E-state index in [-0.39, 0.29) is 11.9 Å². The van der Waals surface area contributed by atoms with Crippen molar-refractivity contribution in [3.63, 3.8) is 0 Å². The topological polar surface area (TPSA) is 72.3 Å². The van der Waals surface area contributed by atoms with E-state index in [2.05, 4.69) is 32.7 Å². The highest BCUT2D eigenvalue weighted by atomic mass is 16.5. The van der Waals surface area contributed by atoms with Gasteiger partial charge in [-0.05, 0) is 30.5 Å². The van der Waals surface area contributed by atoms with E-state index in [1.165, 1.54) is 5.56 Å². The lowest BCUT2D eigenvalue weighted by Crippen LogP contribution is -2.58. The van der Waals surface area contributed by atoms with Crippen LogP contribution in [0.25, 0.3) is 0 Å². The Kier molecular flexibility index (Phi) is 3.93. The second kappa shape index (κ2) is 6.24. The third-order valence-corrected chi connectivity index (χ3v) is 4.52. The van der Waals surface area contributed by atoms with Gasteiger partial charge in [0.2, 0.25) is 0 Å². The van der Waals surface area contributed by atoms with Crippen molar-refractivity contribution in [3.05, 3.63) is 41.7 Å². The molecule has 2 fully saturated rings. The van der Waals surface area contributed by atoms with Crippen LogP contribution in [0, 0.1) is 0 Å². The van der Waals surface area contributed by atoms with Gasteiger partial charge in [-0.1, -0.05) is 17.3 Å². The number of hydrogen-bond acceptors (Lipinski definition) is 5. The number of amides is 1. The molecule has 1 aliphatic heterocycles. The van der Waals surface area contributed by atoms with Gasteiger partial charge in [0.1, 0.15) is 5.75 Å². The number of nitrogens with one attached hydrogen (secondary N) is 1. The first-order valence-corrected chi connectivity index (χ1v) is 8.29. The zero-order valence-corrected chi connectivity index (χ0v) is 13.7. The first kappa shape index (κ1) is 15.1. The van der Waals surface area contributed by atoms with Gasteiger partial charge in [0.15, 0.2) is 5.69 Å². The van der Waals surface area contributed by atoms with Crippen LogP contribution in [0.4, 0.5) is 0 Å². The summed E-state index contributed by atoms with van der Waals surface area (Å²) < 4.78 is 6.96. The molecule has 1 aromatic heterocycles. The zero-order valence-electron chi connectivity index (χ0n) is 13.7. The zero-order chi connectivity index (χ0) is 16.5. The van der Waals surface area contributed by atoms with Crippen LogP contribution in [0.15, 0.2) is 30.5 Å². The minimum Gasteiger partial charge on any atom is -0.497 e. The molecule has 1 saturated heterocycles. The third-order valence-electron chi connectivity index (χ3n) is 4.52. The maximum Gasteiger partial charge on any atom is 0.273 e. The average Bonchev–Trinajstić information content (AvgIpc) is 3.30. The van der Waals surface area contributed by atoms with Gasteiger partial charge in [-0.2, -0.15) is 0 Å². The Morgan fingerprint density at radius 2 is 2.04 bits per heavy atom. The largest absolute Gasteiger partial charge is 0.497 e. The molecule has 0 bridgehead atoms. The van der Waals surface area contributed by atoms with E-state index in [1.807, 2.05) is 12.1 Å². The summed E-state index contributed by atoms with van der Waals surface area (Å²) in [5.41, 5.74) is 1.66. The number of aromatic nitrogens is 3. The van der Waals surface area contributed by atoms with Gasteiger partial charge in [-0.15, -0.1) is 5.10 Å². The molecule has 0 radical (unpaired) electrons. The normalized spacial score (nSPS) is 18.2. The van der Waals surface area contributed by atoms with Crippen molar-refractivity contribution in [2.45, 2.75) is 31.5 Å². The monoisotopic (exact) mass is 327 g/mol. The number of methoxy groups -OCH3 is 1. The fourth-order valence-electron chi connectivity index (χ4n) is 2.94. The van der Waals surface area contributed by atoms with Gasteiger partial charge in [0.25, 0.3) is 5.91 Å². The van der Waals surface area contributed by atoms with E-state index in [0.29, 0.717) is 11.7 Å². The molecule has 0 atom stereocenters. The number of ether oxygens (including phenoxy) is 1. The Balaban J connectivity index is 1.23. The minimum absolute atomic E-state index is 0.129. The fourth-order valence-corrected chi connectivity index (χ4v) is 2.94. The number of carbonyl (C=O) groups excluding carboxylic acids is 1. The number of hydrogen-bond donors (Lipinski definition) is 1. The van der Waals surface area contributed by atoms with Crippen molar-refractivity contribution in [1.29, 1.82) is 0 Å². The number of carbonyl (C=O) groups is 1. The summed E-state index contributed by atoms with van der Waals surface area (Å²) in [6.07, 6.45) is 4.02. The third kappa shape index (κ3) is 3.26. The molecule has 1 amide bonds. The lowest BCUT2D eigenvalue weighted by molar-refractivity contribution is 0.0790. The number of benzene rings is 1. The van der Waals surface area contributed by atoms with Crippen molar-refractivity contribution < 1.29 is 9.53 Å². The van der Waals surface area contributed by atoms with Gasteiger partial charge in [0, 0.05) is 19.6 Å². The molecule has 126 valence electrons. The van der Waals surface area contributed by atoms with Crippen molar-refractivity contribution in [3.8, 4) is 5.75 Å². The molecule has 24 heavy (non-hydrogen) atoms. The highest BCUT2D eigenvalue weighted by Crippen LogP contribution is 2.33. The quantitative estimate of drug-likeness (QED) is 0.864. The maximum atomic E-state index is 12.2. The van der Waals surface area contributed by atoms with Crippen LogP contribution in [-0.2, 0) is 6.54 Å². The highest BCUT2D eigenvalue weighted by Gasteiger charge is 2.30. The second-order valence-electron chi connectivity index (χ2n) is 6.53. The van der Waals surface area contributed by atoms with E-state index in [0.717, 1.165) is 38.2 Å². The van der Waals surface area contributed by atoms with Crippen LogP contribution < -0.4 is 10.1 Å². The Morgan fingerprint density at radius 3 is 2.71 bits per heavy atom. The van der Waals surface area contributed by atoms with Crippen molar-refractivity contribution in [1.82, 2.24) is 25.2 Å². The summed E-state index contributed by atoms with van der Waals surface area (Å²) in [4.78, 5) is 14.5. The summed E-state index contributed by atoms with van der Waals surface area (Å²) in [7, 11) is 1.67. The van der Waals surface area contributed by atoms with Crippen molar-refractivity contribution >= 4 is 5.91 Å². The number of nitrogens with zero attached hydrogens (tertiary/aromatic N) is 4. The standard InChI is InChI=1S/C17H21N5O2/c1-24-15-6-2-12(3-7-15)8-21-9-13(10-21)18-17(23)16-11-22(20-19-16)14-4-5-14/h2-3,6-7,11,13-14H,4-5,8-10H2,1H3,(H,18,23). The van der Waals surface area contributed by atoms with Crippen molar-refractivity contribution in [2.75, 3.05) is 20.2 Å². The molecule has 2 heterocycles. The predicted molar refractivity (Wildman–Crippen MR) is 87.8 cm³/mol. The Morgan fingerprint density at radius 1 is 1.29 bits per heavy atom. The molecule has 1 aliphatic carbocycles. The SMILES string of the molecule is COc1ccc(CN2CC(NC(=O)c3cn(C4CC4)nn3)C2)cc1. The molecule has 4 rings (SSSR count). The number of rotatable bonds is 6. The van der Waals surface area contributed by atoms with Gasteiger partial charge < -0.3 is 10.1 Å². The average molecular weight is 327 g/mol. The minimum atomic E-state index is -0.129. The summed E-state index contributed by atoms with van der Waals surface area (Å²) >= 11 is 0. The van der Waals surface area contributed by atoms with Crippen molar-refractivity contribution in [2.24, 2.45) is 0 Å². The molecule has 0 spiro atoms. The van der Waals surface area contributed by atoms with E-state index in [9.17, 15) is 4.79 Å². The Bertz CT molecular complexity index is 717. The summed E-state index contributed by atoms with van der Waals surface area (Å²) in [5.74, 6) is 0.739. The molecule has 2 aromatic rings. The van der Waals surface area contributed by atoms with Crippen LogP contribution in [0.5, 0.6) is 5.75 Å². The Hall–Kier alpha value is -2.41. The van der Waals surface area contributed by atoms with Gasteiger partial charge >= 0.3 is 0 Å². The van der Waals surface area contributed by atoms with Crippen LogP contribution in [-0.4, -0.2) is 52.0 Å². The van der Waals surface area contributed by atoms with Gasteiger partial charge in [-0.3, -0.25) is 9.69 Å². The van der Waals surface area contributed by atoms with Crippen LogP contribution >= 0.6 is 0 Å². The smallest absolute Gasteiger partial charge is 0.273 e. The fraction of sp³-hybridized carbons (Fsp3) is 0.471. The summed E-state index contributed by atoms with van der Waals surface area (Å²) in [6, 6.07) is 8.71. The van der Waals surface area contributed by atoms with Crippen LogP contribution in [0.2, 0.25) is 0 Å². The molecular weight excluding hydrogens is 306 g/mol. The maximum absolute atomic E-state index is 12.2. The van der Waals surface area contributed by atoms with E-state index in [4.69, 9.17) is 4.74 Å². The summed E-state index contributed by atoms with van der Waals surface area (Å²) in [5, 5.41) is 11.0. The predicted octanol–water partition coefficient (Wildman–Crippen LogP) is 1.24. The molecule has 1 saturated carbocycles. The van der Waals surface area contributed by atoms with Crippen LogP contribution in [0.1, 0.15) is 34.9 Å². The molecule has 7 nitrogen and oxygen atoms in total. The van der Waals surface area contributed by atoms with E-state index >= 15 is 0 Å². The van der Waals surface area contributed by atoms with Gasteiger partial charge in [-0.25, -0.2) is 4.68 Å². The lowest BCUT2D eigenvalue weighted by atomic mass is 10.1. The summed E-state index contributed by atoms with van der Waals surface area (Å²) in [6.45, 7) is 2.59. The lowest BCUT2D eigenvalue weighted by Gasteiger charge is -2.39. The molecule has 1 aromatic carbocycles. The molecule has 0 unspecified atom stereocenters. The first-order valence-electron chi connectivity index (χ1n) is 8.29. The second-order valence-corrected chi connectivity index (χ2v) is 6.53. The Labute approximate surface area is 140 Å². The van der Waals surface area contributed by atoms with Gasteiger partial charge in [0.05, 0.1) is 25.4 Å². The molecule has 7 heteroatoms. The van der Waals surface area contributed by atoms with E-state index in [1.54, 1.807) is 18.0 Å². The first-order chi connectivity index (χ1) is 11.7. The molecule has 1 N–H and O–H groups in total. The van der Waals surface area contributed by atoms with E-state index < -0.39 is 0 Å². The molecule has 2 aliphatic rings. The van der Waals surface area contributed by atoms with Crippen LogP contribution in [0.3, 0.4) is 0 Å². The number of likely N-dealkylation sites (tertiary alicyclic amines) is 1. The highest BCUT2D eigenvalue weighted by molar-refractivity contribution is 5.92.